The third-order valence-corrected chi connectivity index (χ3v) is 3.34. The molecule has 2 rings (SSSR count). The van der Waals surface area contributed by atoms with Crippen molar-refractivity contribution in [2.24, 2.45) is 0 Å². The number of hydrogen-bond acceptors (Lipinski definition) is 2. The first-order valence-corrected chi connectivity index (χ1v) is 6.09. The van der Waals surface area contributed by atoms with E-state index >= 15 is 0 Å². The summed E-state index contributed by atoms with van der Waals surface area (Å²) >= 11 is 6.00. The molecule has 19 heavy (non-hydrogen) atoms. The number of carbonyl (C=O) groups is 1. The summed E-state index contributed by atoms with van der Waals surface area (Å²) < 4.78 is 5.25. The van der Waals surface area contributed by atoms with E-state index in [0.29, 0.717) is 10.8 Å². The minimum absolute atomic E-state index is 0.146. The number of aromatic carboxylic acids is 1. The highest BCUT2D eigenvalue weighted by atomic mass is 35.5. The van der Waals surface area contributed by atoms with Crippen LogP contribution in [0.5, 0.6) is 5.75 Å². The summed E-state index contributed by atoms with van der Waals surface area (Å²) in [6.45, 7) is 1.90. The fourth-order valence-corrected chi connectivity index (χ4v) is 2.08. The number of para-hydroxylation sites is 1. The second kappa shape index (κ2) is 5.33. The predicted molar refractivity (Wildman–Crippen MR) is 75.1 cm³/mol. The van der Waals surface area contributed by atoms with Gasteiger partial charge in [-0.3, -0.25) is 0 Å². The first kappa shape index (κ1) is 13.4. The van der Waals surface area contributed by atoms with Crippen molar-refractivity contribution in [3.8, 4) is 16.9 Å². The maximum Gasteiger partial charge on any atom is 0.339 e. The smallest absolute Gasteiger partial charge is 0.339 e. The summed E-state index contributed by atoms with van der Waals surface area (Å²) in [5, 5.41) is 9.84. The van der Waals surface area contributed by atoms with Crippen LogP contribution in [-0.2, 0) is 0 Å². The van der Waals surface area contributed by atoms with E-state index in [1.807, 2.05) is 25.1 Å². The van der Waals surface area contributed by atoms with E-state index in [9.17, 15) is 4.79 Å². The van der Waals surface area contributed by atoms with Crippen LogP contribution in [0, 0.1) is 6.92 Å². The highest BCUT2D eigenvalue weighted by Gasteiger charge is 2.15. The molecule has 1 N–H and O–H groups in total. The minimum Gasteiger partial charge on any atom is -0.495 e. The number of rotatable bonds is 3. The number of methoxy groups -OCH3 is 1. The summed E-state index contributed by atoms with van der Waals surface area (Å²) in [5.41, 5.74) is 2.69. The topological polar surface area (TPSA) is 46.5 Å². The molecule has 0 aliphatic carbocycles. The molecule has 2 aromatic carbocycles. The number of hydrogen-bond donors (Lipinski definition) is 1. The van der Waals surface area contributed by atoms with Gasteiger partial charge < -0.3 is 9.84 Å². The molecule has 3 nitrogen and oxygen atoms in total. The molecule has 4 heteroatoms. The lowest BCUT2D eigenvalue weighted by Gasteiger charge is -2.12. The largest absolute Gasteiger partial charge is 0.495 e. The molecule has 0 atom stereocenters. The van der Waals surface area contributed by atoms with Crippen LogP contribution in [0.4, 0.5) is 0 Å². The van der Waals surface area contributed by atoms with Crippen LogP contribution >= 0.6 is 11.6 Å². The van der Waals surface area contributed by atoms with Crippen molar-refractivity contribution in [3.05, 3.63) is 52.5 Å². The SMILES string of the molecule is COc1c(C(=O)O)cccc1-c1ccc(Cl)c(C)c1. The molecule has 0 saturated heterocycles. The van der Waals surface area contributed by atoms with Gasteiger partial charge in [0.25, 0.3) is 0 Å². The molecule has 0 spiro atoms. The average molecular weight is 277 g/mol. The number of carboxylic acid groups (broad SMARTS) is 1. The summed E-state index contributed by atoms with van der Waals surface area (Å²) in [5.74, 6) is -0.652. The van der Waals surface area contributed by atoms with Crippen LogP contribution in [-0.4, -0.2) is 18.2 Å². The van der Waals surface area contributed by atoms with Gasteiger partial charge in [0.1, 0.15) is 11.3 Å². The van der Waals surface area contributed by atoms with Crippen molar-refractivity contribution in [1.82, 2.24) is 0 Å². The van der Waals surface area contributed by atoms with Gasteiger partial charge in [-0.1, -0.05) is 29.8 Å². The Kier molecular flexibility index (Phi) is 3.76. The van der Waals surface area contributed by atoms with Crippen molar-refractivity contribution >= 4 is 17.6 Å². The lowest BCUT2D eigenvalue weighted by atomic mass is 10.00. The number of ether oxygens (including phenoxy) is 1. The molecule has 0 fully saturated rings. The molecule has 2 aromatic rings. The minimum atomic E-state index is -1.01. The molecule has 0 saturated carbocycles. The van der Waals surface area contributed by atoms with E-state index < -0.39 is 5.97 Å². The van der Waals surface area contributed by atoms with Crippen LogP contribution in [0.2, 0.25) is 5.02 Å². The van der Waals surface area contributed by atoms with Gasteiger partial charge in [0.05, 0.1) is 7.11 Å². The molecule has 0 aliphatic rings. The quantitative estimate of drug-likeness (QED) is 0.921. The van der Waals surface area contributed by atoms with Gasteiger partial charge in [-0.15, -0.1) is 0 Å². The molecular weight excluding hydrogens is 264 g/mol. The zero-order valence-electron chi connectivity index (χ0n) is 10.6. The van der Waals surface area contributed by atoms with Crippen molar-refractivity contribution < 1.29 is 14.6 Å². The van der Waals surface area contributed by atoms with E-state index in [1.54, 1.807) is 12.1 Å². The average Bonchev–Trinajstić information content (AvgIpc) is 2.40. The van der Waals surface area contributed by atoms with E-state index in [0.717, 1.165) is 16.7 Å². The summed E-state index contributed by atoms with van der Waals surface area (Å²) in [6.07, 6.45) is 0. The van der Waals surface area contributed by atoms with Gasteiger partial charge in [0, 0.05) is 10.6 Å². The fraction of sp³-hybridized carbons (Fsp3) is 0.133. The van der Waals surface area contributed by atoms with E-state index in [-0.39, 0.29) is 5.56 Å². The monoisotopic (exact) mass is 276 g/mol. The Balaban J connectivity index is 2.64. The van der Waals surface area contributed by atoms with Crippen molar-refractivity contribution in [3.63, 3.8) is 0 Å². The Labute approximate surface area is 116 Å². The predicted octanol–water partition coefficient (Wildman–Crippen LogP) is 4.02. The lowest BCUT2D eigenvalue weighted by molar-refractivity contribution is 0.0693. The molecule has 0 unspecified atom stereocenters. The molecule has 0 heterocycles. The molecule has 0 aliphatic heterocycles. The van der Waals surface area contributed by atoms with Crippen LogP contribution in [0.1, 0.15) is 15.9 Å². The van der Waals surface area contributed by atoms with E-state index in [1.165, 1.54) is 13.2 Å². The van der Waals surface area contributed by atoms with Crippen molar-refractivity contribution in [2.75, 3.05) is 7.11 Å². The standard InChI is InChI=1S/C15H13ClO3/c1-9-8-10(6-7-13(9)16)11-4-3-5-12(15(17)18)14(11)19-2/h3-8H,1-2H3,(H,17,18). The number of benzene rings is 2. The fourth-order valence-electron chi connectivity index (χ4n) is 1.96. The first-order chi connectivity index (χ1) is 9.04. The van der Waals surface area contributed by atoms with Gasteiger partial charge in [0.2, 0.25) is 0 Å². The lowest BCUT2D eigenvalue weighted by Crippen LogP contribution is -2.01. The molecule has 98 valence electrons. The highest BCUT2D eigenvalue weighted by Crippen LogP contribution is 2.34. The van der Waals surface area contributed by atoms with Crippen LogP contribution in [0.25, 0.3) is 11.1 Å². The Morgan fingerprint density at radius 3 is 2.58 bits per heavy atom. The summed E-state index contributed by atoms with van der Waals surface area (Å²) in [7, 11) is 1.47. The van der Waals surface area contributed by atoms with Gasteiger partial charge in [-0.25, -0.2) is 4.79 Å². The van der Waals surface area contributed by atoms with Gasteiger partial charge in [-0.05, 0) is 36.2 Å². The van der Waals surface area contributed by atoms with E-state index in [4.69, 9.17) is 21.4 Å². The number of carboxylic acids is 1. The normalized spacial score (nSPS) is 10.3. The molecular formula is C15H13ClO3. The third-order valence-electron chi connectivity index (χ3n) is 2.92. The molecule has 0 radical (unpaired) electrons. The van der Waals surface area contributed by atoms with Gasteiger partial charge >= 0.3 is 5.97 Å². The van der Waals surface area contributed by atoms with Crippen molar-refractivity contribution in [1.29, 1.82) is 0 Å². The van der Waals surface area contributed by atoms with Crippen molar-refractivity contribution in [2.45, 2.75) is 6.92 Å². The zero-order chi connectivity index (χ0) is 14.0. The maximum absolute atomic E-state index is 11.2. The van der Waals surface area contributed by atoms with Gasteiger partial charge in [-0.2, -0.15) is 0 Å². The number of halogens is 1. The van der Waals surface area contributed by atoms with Crippen LogP contribution in [0.15, 0.2) is 36.4 Å². The second-order valence-corrected chi connectivity index (χ2v) is 4.56. The molecule has 0 aromatic heterocycles. The number of aryl methyl sites for hydroxylation is 1. The van der Waals surface area contributed by atoms with Crippen LogP contribution < -0.4 is 4.74 Å². The maximum atomic E-state index is 11.2. The van der Waals surface area contributed by atoms with E-state index in [2.05, 4.69) is 0 Å². The third kappa shape index (κ3) is 2.56. The molecule has 0 amide bonds. The van der Waals surface area contributed by atoms with Gasteiger partial charge in [0.15, 0.2) is 0 Å². The first-order valence-electron chi connectivity index (χ1n) is 5.71. The van der Waals surface area contributed by atoms with Crippen LogP contribution in [0.3, 0.4) is 0 Å². The Hall–Kier alpha value is -2.00. The zero-order valence-corrected chi connectivity index (χ0v) is 11.4. The summed E-state index contributed by atoms with van der Waals surface area (Å²) in [4.78, 5) is 11.2. The summed E-state index contributed by atoms with van der Waals surface area (Å²) in [6, 6.07) is 10.6. The Morgan fingerprint density at radius 1 is 1.26 bits per heavy atom. The second-order valence-electron chi connectivity index (χ2n) is 4.16. The highest BCUT2D eigenvalue weighted by molar-refractivity contribution is 6.31. The Bertz CT molecular complexity index is 635. The Morgan fingerprint density at radius 2 is 2.00 bits per heavy atom. The molecule has 0 bridgehead atoms.